The van der Waals surface area contributed by atoms with Gasteiger partial charge in [0, 0.05) is 50.6 Å². The third kappa shape index (κ3) is 3.50. The lowest BCUT2D eigenvalue weighted by molar-refractivity contribution is -0.135. The Bertz CT molecular complexity index is 660. The van der Waals surface area contributed by atoms with E-state index in [2.05, 4.69) is 20.6 Å². The molecule has 0 unspecified atom stereocenters. The fourth-order valence-electron chi connectivity index (χ4n) is 3.86. The van der Waals surface area contributed by atoms with Gasteiger partial charge in [-0.25, -0.2) is 9.97 Å². The number of rotatable bonds is 5. The molecule has 2 aliphatic heterocycles. The van der Waals surface area contributed by atoms with Crippen molar-refractivity contribution in [2.75, 3.05) is 39.9 Å². The summed E-state index contributed by atoms with van der Waals surface area (Å²) in [5.41, 5.74) is 1.18. The van der Waals surface area contributed by atoms with E-state index in [0.717, 1.165) is 17.9 Å². The third-order valence-corrected chi connectivity index (χ3v) is 5.03. The Kier molecular flexibility index (Phi) is 5.01. The predicted octanol–water partition coefficient (Wildman–Crippen LogP) is -0.596. The van der Waals surface area contributed by atoms with Gasteiger partial charge in [0.05, 0.1) is 12.0 Å². The van der Waals surface area contributed by atoms with Crippen LogP contribution in [0.5, 0.6) is 0 Å². The molecule has 2 atom stereocenters. The van der Waals surface area contributed by atoms with Gasteiger partial charge in [0.15, 0.2) is 0 Å². The summed E-state index contributed by atoms with van der Waals surface area (Å²) in [4.78, 5) is 35.5. The molecule has 136 valence electrons. The molecule has 2 fully saturated rings. The van der Waals surface area contributed by atoms with E-state index in [9.17, 15) is 9.59 Å². The second-order valence-corrected chi connectivity index (χ2v) is 6.94. The average Bonchev–Trinajstić information content (AvgIpc) is 3.10. The molecule has 3 rings (SSSR count). The molecule has 0 aliphatic carbocycles. The third-order valence-electron chi connectivity index (χ3n) is 5.03. The molecule has 0 spiro atoms. The SMILES string of the molecule is COCC(=O)N1C[C@H]2CNC[C@@]2(C(=O)NCc2nc(C)cc(C)n2)C1. The molecule has 8 nitrogen and oxygen atoms in total. The van der Waals surface area contributed by atoms with Crippen LogP contribution in [0.1, 0.15) is 17.2 Å². The van der Waals surface area contributed by atoms with Crippen LogP contribution in [0, 0.1) is 25.2 Å². The zero-order valence-electron chi connectivity index (χ0n) is 15.0. The Hall–Kier alpha value is -2.06. The minimum atomic E-state index is -0.581. The normalized spacial score (nSPS) is 25.1. The Morgan fingerprint density at radius 3 is 2.80 bits per heavy atom. The number of hydrogen-bond donors (Lipinski definition) is 2. The number of likely N-dealkylation sites (tertiary alicyclic amines) is 1. The summed E-state index contributed by atoms with van der Waals surface area (Å²) in [6.45, 7) is 6.49. The van der Waals surface area contributed by atoms with Crippen molar-refractivity contribution >= 4 is 11.8 Å². The first kappa shape index (κ1) is 17.8. The Labute approximate surface area is 147 Å². The highest BCUT2D eigenvalue weighted by atomic mass is 16.5. The van der Waals surface area contributed by atoms with Crippen molar-refractivity contribution in [1.29, 1.82) is 0 Å². The van der Waals surface area contributed by atoms with Crippen LogP contribution in [0.15, 0.2) is 6.07 Å². The first-order chi connectivity index (χ1) is 11.9. The van der Waals surface area contributed by atoms with Crippen molar-refractivity contribution in [1.82, 2.24) is 25.5 Å². The van der Waals surface area contributed by atoms with Gasteiger partial charge < -0.3 is 20.3 Å². The van der Waals surface area contributed by atoms with Gasteiger partial charge in [-0.1, -0.05) is 0 Å². The molecule has 8 heteroatoms. The van der Waals surface area contributed by atoms with Crippen molar-refractivity contribution in [3.05, 3.63) is 23.3 Å². The highest BCUT2D eigenvalue weighted by Gasteiger charge is 2.55. The van der Waals surface area contributed by atoms with Crippen LogP contribution in [-0.4, -0.2) is 66.6 Å². The summed E-state index contributed by atoms with van der Waals surface area (Å²) in [5, 5.41) is 6.27. The van der Waals surface area contributed by atoms with E-state index in [-0.39, 0.29) is 24.3 Å². The van der Waals surface area contributed by atoms with Gasteiger partial charge in [-0.05, 0) is 19.9 Å². The van der Waals surface area contributed by atoms with Gasteiger partial charge in [-0.3, -0.25) is 9.59 Å². The molecule has 0 radical (unpaired) electrons. The van der Waals surface area contributed by atoms with E-state index in [1.807, 2.05) is 19.9 Å². The quantitative estimate of drug-likeness (QED) is 0.739. The number of carbonyl (C=O) groups is 2. The van der Waals surface area contributed by atoms with Crippen LogP contribution >= 0.6 is 0 Å². The summed E-state index contributed by atoms with van der Waals surface area (Å²) in [6.07, 6.45) is 0. The molecule has 2 amide bonds. The molecule has 0 bridgehead atoms. The lowest BCUT2D eigenvalue weighted by Crippen LogP contribution is -2.48. The van der Waals surface area contributed by atoms with E-state index in [1.165, 1.54) is 7.11 Å². The number of nitrogens with zero attached hydrogens (tertiary/aromatic N) is 3. The average molecular weight is 347 g/mol. The number of aryl methyl sites for hydroxylation is 2. The van der Waals surface area contributed by atoms with E-state index in [1.54, 1.807) is 4.90 Å². The Morgan fingerprint density at radius 1 is 1.40 bits per heavy atom. The second kappa shape index (κ2) is 7.05. The minimum Gasteiger partial charge on any atom is -0.375 e. The monoisotopic (exact) mass is 347 g/mol. The molecule has 2 aliphatic rings. The summed E-state index contributed by atoms with van der Waals surface area (Å²) in [6, 6.07) is 1.90. The van der Waals surface area contributed by atoms with Gasteiger partial charge in [0.25, 0.3) is 0 Å². The highest BCUT2D eigenvalue weighted by Crippen LogP contribution is 2.39. The summed E-state index contributed by atoms with van der Waals surface area (Å²) < 4.78 is 4.94. The number of nitrogens with one attached hydrogen (secondary N) is 2. The molecule has 1 aromatic heterocycles. The van der Waals surface area contributed by atoms with Gasteiger partial charge in [-0.15, -0.1) is 0 Å². The van der Waals surface area contributed by atoms with Crippen LogP contribution in [-0.2, 0) is 20.9 Å². The topological polar surface area (TPSA) is 96.5 Å². The summed E-state index contributed by atoms with van der Waals surface area (Å²) in [5.74, 6) is 0.614. The molecule has 3 heterocycles. The maximum atomic E-state index is 12.9. The predicted molar refractivity (Wildman–Crippen MR) is 90.6 cm³/mol. The molecule has 2 N–H and O–H groups in total. The van der Waals surface area contributed by atoms with Crippen molar-refractivity contribution in [3.63, 3.8) is 0 Å². The van der Waals surface area contributed by atoms with E-state index in [4.69, 9.17) is 4.74 Å². The van der Waals surface area contributed by atoms with Crippen molar-refractivity contribution < 1.29 is 14.3 Å². The molecule has 25 heavy (non-hydrogen) atoms. The van der Waals surface area contributed by atoms with Crippen LogP contribution in [0.25, 0.3) is 0 Å². The largest absolute Gasteiger partial charge is 0.375 e. The lowest BCUT2D eigenvalue weighted by atomic mass is 9.80. The second-order valence-electron chi connectivity index (χ2n) is 6.94. The first-order valence-corrected chi connectivity index (χ1v) is 8.51. The number of methoxy groups -OCH3 is 1. The van der Waals surface area contributed by atoms with Crippen LogP contribution < -0.4 is 10.6 Å². The van der Waals surface area contributed by atoms with Crippen molar-refractivity contribution in [2.24, 2.45) is 11.3 Å². The Balaban J connectivity index is 1.68. The van der Waals surface area contributed by atoms with E-state index in [0.29, 0.717) is 32.0 Å². The molecule has 0 aromatic carbocycles. The Morgan fingerprint density at radius 2 is 2.12 bits per heavy atom. The first-order valence-electron chi connectivity index (χ1n) is 8.51. The van der Waals surface area contributed by atoms with Gasteiger partial charge >= 0.3 is 0 Å². The number of hydrogen-bond acceptors (Lipinski definition) is 6. The molecule has 1 aromatic rings. The van der Waals surface area contributed by atoms with Crippen molar-refractivity contribution in [2.45, 2.75) is 20.4 Å². The standard InChI is InChI=1S/C17H25N5O3/c1-11-4-12(2)21-14(20-11)6-19-16(24)17-9-18-5-13(17)7-22(10-17)15(23)8-25-3/h4,13,18H,5-10H2,1-3H3,(H,19,24)/t13-,17-/m1/s1. The maximum absolute atomic E-state index is 12.9. The summed E-state index contributed by atoms with van der Waals surface area (Å²) in [7, 11) is 1.50. The summed E-state index contributed by atoms with van der Waals surface area (Å²) >= 11 is 0. The highest BCUT2D eigenvalue weighted by molar-refractivity contribution is 5.86. The van der Waals surface area contributed by atoms with Crippen molar-refractivity contribution in [3.8, 4) is 0 Å². The number of carbonyl (C=O) groups excluding carboxylic acids is 2. The minimum absolute atomic E-state index is 0.0435. The van der Waals surface area contributed by atoms with Gasteiger partial charge in [0.2, 0.25) is 11.8 Å². The lowest BCUT2D eigenvalue weighted by Gasteiger charge is -2.26. The maximum Gasteiger partial charge on any atom is 0.248 e. The number of fused-ring (bicyclic) bond motifs is 1. The fourth-order valence-corrected chi connectivity index (χ4v) is 3.86. The van der Waals surface area contributed by atoms with Crippen LogP contribution in [0.4, 0.5) is 0 Å². The van der Waals surface area contributed by atoms with E-state index >= 15 is 0 Å². The molecule has 2 saturated heterocycles. The molecule has 0 saturated carbocycles. The van der Waals surface area contributed by atoms with Crippen LogP contribution in [0.2, 0.25) is 0 Å². The van der Waals surface area contributed by atoms with Gasteiger partial charge in [-0.2, -0.15) is 0 Å². The zero-order chi connectivity index (χ0) is 18.0. The number of amides is 2. The molecular weight excluding hydrogens is 322 g/mol. The molecular formula is C17H25N5O3. The number of aromatic nitrogens is 2. The fraction of sp³-hybridized carbons (Fsp3) is 0.647. The zero-order valence-corrected chi connectivity index (χ0v) is 15.0. The van der Waals surface area contributed by atoms with Crippen LogP contribution in [0.3, 0.4) is 0 Å². The smallest absolute Gasteiger partial charge is 0.248 e. The van der Waals surface area contributed by atoms with Gasteiger partial charge in [0.1, 0.15) is 12.4 Å². The van der Waals surface area contributed by atoms with E-state index < -0.39 is 5.41 Å². The number of ether oxygens (including phenoxy) is 1.